The van der Waals surface area contributed by atoms with Crippen LogP contribution in [0.5, 0.6) is 5.75 Å². The van der Waals surface area contributed by atoms with Crippen LogP contribution in [0, 0.1) is 6.92 Å². The first-order valence-corrected chi connectivity index (χ1v) is 6.83. The molecule has 104 valence electrons. The van der Waals surface area contributed by atoms with Crippen LogP contribution in [0.4, 0.5) is 5.69 Å². The summed E-state index contributed by atoms with van der Waals surface area (Å²) in [6.07, 6.45) is 3.95. The molecule has 2 N–H and O–H groups in total. The fourth-order valence-corrected chi connectivity index (χ4v) is 1.99. The van der Waals surface area contributed by atoms with E-state index in [1.807, 2.05) is 30.3 Å². The second-order valence-corrected chi connectivity index (χ2v) is 4.68. The van der Waals surface area contributed by atoms with Gasteiger partial charge < -0.3 is 5.11 Å². The van der Waals surface area contributed by atoms with Crippen LogP contribution in [-0.4, -0.2) is 22.2 Å². The van der Waals surface area contributed by atoms with E-state index in [1.165, 1.54) is 0 Å². The van der Waals surface area contributed by atoms with Crippen LogP contribution in [0.3, 0.4) is 0 Å². The number of nitrogens with zero attached hydrogens (tertiary/aromatic N) is 2. The smallest absolute Gasteiger partial charge is 0.145 e. The molecule has 1 aromatic heterocycles. The third-order valence-electron chi connectivity index (χ3n) is 2.88. The van der Waals surface area contributed by atoms with Gasteiger partial charge in [-0.05, 0) is 31.0 Å². The zero-order chi connectivity index (χ0) is 14.4. The number of pyridine rings is 1. The van der Waals surface area contributed by atoms with Gasteiger partial charge in [0.25, 0.3) is 0 Å². The van der Waals surface area contributed by atoms with Gasteiger partial charge in [0.1, 0.15) is 5.75 Å². The first-order valence-electron chi connectivity index (χ1n) is 6.30. The van der Waals surface area contributed by atoms with E-state index in [-0.39, 0.29) is 5.75 Å². The largest absolute Gasteiger partial charge is 0.505 e. The van der Waals surface area contributed by atoms with Crippen molar-refractivity contribution in [3.63, 3.8) is 0 Å². The zero-order valence-corrected chi connectivity index (χ0v) is 11.9. The summed E-state index contributed by atoms with van der Waals surface area (Å²) in [5.41, 5.74) is 5.90. The number of hydrazone groups is 1. The number of halogens is 1. The van der Waals surface area contributed by atoms with Crippen molar-refractivity contribution in [3.8, 4) is 5.75 Å². The molecule has 0 aliphatic carbocycles. The second-order valence-electron chi connectivity index (χ2n) is 4.31. The Morgan fingerprint density at radius 1 is 1.35 bits per heavy atom. The maximum atomic E-state index is 10.1. The SMILES string of the molecule is Cc1ncc(CCCl)c(C=NNc2ccccc2)c1O. The predicted molar refractivity (Wildman–Crippen MR) is 82.7 cm³/mol. The van der Waals surface area contributed by atoms with Crippen molar-refractivity contribution < 1.29 is 5.11 Å². The van der Waals surface area contributed by atoms with Crippen LogP contribution in [-0.2, 0) is 6.42 Å². The van der Waals surface area contributed by atoms with E-state index in [9.17, 15) is 5.11 Å². The molecule has 0 amide bonds. The van der Waals surface area contributed by atoms with Gasteiger partial charge in [-0.25, -0.2) is 0 Å². The van der Waals surface area contributed by atoms with E-state index < -0.39 is 0 Å². The molecular weight excluding hydrogens is 274 g/mol. The summed E-state index contributed by atoms with van der Waals surface area (Å²) in [7, 11) is 0. The number of aromatic nitrogens is 1. The van der Waals surface area contributed by atoms with Crippen molar-refractivity contribution in [3.05, 3.63) is 53.3 Å². The Kier molecular flexibility index (Phi) is 4.96. The summed E-state index contributed by atoms with van der Waals surface area (Å²) >= 11 is 5.76. The number of rotatable bonds is 5. The molecule has 0 saturated heterocycles. The Bertz CT molecular complexity index is 600. The fourth-order valence-electron chi connectivity index (χ4n) is 1.78. The number of benzene rings is 1. The molecule has 4 nitrogen and oxygen atoms in total. The molecule has 1 heterocycles. The van der Waals surface area contributed by atoms with Crippen molar-refractivity contribution in [2.75, 3.05) is 11.3 Å². The lowest BCUT2D eigenvalue weighted by atomic mass is 10.1. The molecular formula is C15H16ClN3O. The number of aryl methyl sites for hydroxylation is 2. The molecule has 2 aromatic rings. The van der Waals surface area contributed by atoms with Gasteiger partial charge in [0.15, 0.2) is 0 Å². The van der Waals surface area contributed by atoms with Crippen molar-refractivity contribution in [1.29, 1.82) is 0 Å². The highest BCUT2D eigenvalue weighted by molar-refractivity contribution is 6.18. The molecule has 0 radical (unpaired) electrons. The van der Waals surface area contributed by atoms with Crippen LogP contribution in [0.2, 0.25) is 0 Å². The highest BCUT2D eigenvalue weighted by Gasteiger charge is 2.09. The molecule has 0 saturated carbocycles. The van der Waals surface area contributed by atoms with E-state index in [1.54, 1.807) is 19.3 Å². The minimum absolute atomic E-state index is 0.145. The minimum atomic E-state index is 0.145. The first kappa shape index (κ1) is 14.3. The average Bonchev–Trinajstić information content (AvgIpc) is 2.47. The third kappa shape index (κ3) is 3.48. The van der Waals surface area contributed by atoms with Crippen LogP contribution in [0.1, 0.15) is 16.8 Å². The molecule has 1 aromatic carbocycles. The van der Waals surface area contributed by atoms with Crippen LogP contribution < -0.4 is 5.43 Å². The predicted octanol–water partition coefficient (Wildman–Crippen LogP) is 3.32. The van der Waals surface area contributed by atoms with Crippen LogP contribution >= 0.6 is 11.6 Å². The molecule has 20 heavy (non-hydrogen) atoms. The van der Waals surface area contributed by atoms with Crippen molar-refractivity contribution in [2.24, 2.45) is 5.10 Å². The maximum Gasteiger partial charge on any atom is 0.145 e. The summed E-state index contributed by atoms with van der Waals surface area (Å²) in [4.78, 5) is 4.13. The number of alkyl halides is 1. The molecule has 0 aliphatic heterocycles. The summed E-state index contributed by atoms with van der Waals surface area (Å²) in [5, 5.41) is 14.2. The average molecular weight is 290 g/mol. The minimum Gasteiger partial charge on any atom is -0.505 e. The summed E-state index contributed by atoms with van der Waals surface area (Å²) in [6.45, 7) is 1.75. The second kappa shape index (κ2) is 6.91. The van der Waals surface area contributed by atoms with Crippen molar-refractivity contribution in [2.45, 2.75) is 13.3 Å². The Labute approximate surface area is 123 Å². The Balaban J connectivity index is 2.21. The van der Waals surface area contributed by atoms with Gasteiger partial charge in [-0.2, -0.15) is 5.10 Å². The summed E-state index contributed by atoms with van der Waals surface area (Å²) in [6, 6.07) is 9.60. The van der Waals surface area contributed by atoms with Gasteiger partial charge in [0.2, 0.25) is 0 Å². The van der Waals surface area contributed by atoms with Gasteiger partial charge in [-0.15, -0.1) is 11.6 Å². The number of para-hydroxylation sites is 1. The molecule has 0 atom stereocenters. The Morgan fingerprint density at radius 3 is 2.80 bits per heavy atom. The third-order valence-corrected chi connectivity index (χ3v) is 3.07. The van der Waals surface area contributed by atoms with Gasteiger partial charge in [0.05, 0.1) is 17.6 Å². The van der Waals surface area contributed by atoms with Gasteiger partial charge in [-0.3, -0.25) is 10.4 Å². The van der Waals surface area contributed by atoms with Gasteiger partial charge in [0, 0.05) is 17.6 Å². The Hall–Kier alpha value is -2.07. The standard InChI is InChI=1S/C15H16ClN3O/c1-11-15(20)14(12(7-8-16)9-17-11)10-18-19-13-5-3-2-4-6-13/h2-6,9-10,19-20H,7-8H2,1H3. The van der Waals surface area contributed by atoms with E-state index >= 15 is 0 Å². The molecule has 5 heteroatoms. The number of nitrogens with one attached hydrogen (secondary N) is 1. The van der Waals surface area contributed by atoms with Crippen molar-refractivity contribution in [1.82, 2.24) is 4.98 Å². The highest BCUT2D eigenvalue weighted by Crippen LogP contribution is 2.22. The topological polar surface area (TPSA) is 57.5 Å². The summed E-state index contributed by atoms with van der Waals surface area (Å²) < 4.78 is 0. The zero-order valence-electron chi connectivity index (χ0n) is 11.2. The quantitative estimate of drug-likeness (QED) is 0.504. The highest BCUT2D eigenvalue weighted by atomic mass is 35.5. The first-order chi connectivity index (χ1) is 9.72. The molecule has 0 bridgehead atoms. The molecule has 2 rings (SSSR count). The number of aromatic hydroxyl groups is 1. The van der Waals surface area contributed by atoms with E-state index in [4.69, 9.17) is 11.6 Å². The number of hydrogen-bond donors (Lipinski definition) is 2. The molecule has 0 unspecified atom stereocenters. The van der Waals surface area contributed by atoms with Crippen molar-refractivity contribution >= 4 is 23.5 Å². The lowest BCUT2D eigenvalue weighted by Crippen LogP contribution is -2.00. The van der Waals surface area contributed by atoms with E-state index in [2.05, 4.69) is 15.5 Å². The normalized spacial score (nSPS) is 10.9. The van der Waals surface area contributed by atoms with Crippen LogP contribution in [0.25, 0.3) is 0 Å². The Morgan fingerprint density at radius 2 is 2.10 bits per heavy atom. The maximum absolute atomic E-state index is 10.1. The molecule has 0 fully saturated rings. The molecule has 0 spiro atoms. The van der Waals surface area contributed by atoms with Gasteiger partial charge in [-0.1, -0.05) is 18.2 Å². The number of anilines is 1. The van der Waals surface area contributed by atoms with Gasteiger partial charge >= 0.3 is 0 Å². The van der Waals surface area contributed by atoms with E-state index in [0.29, 0.717) is 23.6 Å². The number of hydrogen-bond acceptors (Lipinski definition) is 4. The lowest BCUT2D eigenvalue weighted by Gasteiger charge is -2.08. The summed E-state index contributed by atoms with van der Waals surface area (Å²) in [5.74, 6) is 0.614. The van der Waals surface area contributed by atoms with Crippen LogP contribution in [0.15, 0.2) is 41.6 Å². The fraction of sp³-hybridized carbons (Fsp3) is 0.200. The van der Waals surface area contributed by atoms with E-state index in [0.717, 1.165) is 11.3 Å². The lowest BCUT2D eigenvalue weighted by molar-refractivity contribution is 0.466. The molecule has 0 aliphatic rings. The monoisotopic (exact) mass is 289 g/mol.